The molecule has 0 saturated carbocycles. The van der Waals surface area contributed by atoms with Crippen molar-refractivity contribution in [3.8, 4) is 0 Å². The molecule has 3 heteroatoms. The molecule has 0 radical (unpaired) electrons. The van der Waals surface area contributed by atoms with Gasteiger partial charge in [-0.1, -0.05) is 53.2 Å². The van der Waals surface area contributed by atoms with E-state index in [1.165, 1.54) is 5.56 Å². The molecule has 0 bridgehead atoms. The molecule has 2 nitrogen and oxygen atoms in total. The van der Waals surface area contributed by atoms with Gasteiger partial charge in [0.15, 0.2) is 0 Å². The first-order valence-electron chi connectivity index (χ1n) is 7.85. The Bertz CT molecular complexity index is 457. The molecule has 2 N–H and O–H groups in total. The molecule has 0 fully saturated rings. The van der Waals surface area contributed by atoms with E-state index in [4.69, 9.17) is 5.73 Å². The third kappa shape index (κ3) is 6.31. The van der Waals surface area contributed by atoms with Crippen LogP contribution in [0.25, 0.3) is 0 Å². The maximum absolute atomic E-state index is 12.3. The molecule has 1 unspecified atom stereocenters. The van der Waals surface area contributed by atoms with E-state index in [-0.39, 0.29) is 10.8 Å². The minimum absolute atomic E-state index is 0.147. The average Bonchev–Trinajstić information content (AvgIpc) is 2.42. The van der Waals surface area contributed by atoms with Crippen LogP contribution in [-0.2, 0) is 16.2 Å². The van der Waals surface area contributed by atoms with Crippen LogP contribution in [0.3, 0.4) is 0 Å². The lowest BCUT2D eigenvalue weighted by molar-refractivity contribution is 0.336. The fraction of sp³-hybridized carbons (Fsp3) is 0.667. The number of hydrogen-bond donors (Lipinski definition) is 1. The molecule has 120 valence electrons. The first-order valence-corrected chi connectivity index (χ1v) is 9.17. The van der Waals surface area contributed by atoms with E-state index < -0.39 is 10.8 Å². The molecule has 0 heterocycles. The van der Waals surface area contributed by atoms with Gasteiger partial charge in [-0.05, 0) is 47.9 Å². The van der Waals surface area contributed by atoms with Gasteiger partial charge in [0.05, 0.1) is 10.8 Å². The first kappa shape index (κ1) is 18.4. The molecular weight excluding hydrogens is 278 g/mol. The molecule has 0 saturated heterocycles. The highest BCUT2D eigenvalue weighted by molar-refractivity contribution is 7.85. The third-order valence-electron chi connectivity index (χ3n) is 3.97. The number of hydrogen-bond acceptors (Lipinski definition) is 2. The number of nitrogens with two attached hydrogens (primary N) is 1. The molecule has 1 atom stereocenters. The van der Waals surface area contributed by atoms with Gasteiger partial charge in [-0.3, -0.25) is 4.21 Å². The Morgan fingerprint density at radius 1 is 1.00 bits per heavy atom. The average molecular weight is 310 g/mol. The predicted molar refractivity (Wildman–Crippen MR) is 93.1 cm³/mol. The van der Waals surface area contributed by atoms with E-state index in [1.807, 2.05) is 12.1 Å². The summed E-state index contributed by atoms with van der Waals surface area (Å²) in [5, 5.41) is 0. The van der Waals surface area contributed by atoms with Crippen molar-refractivity contribution in [2.75, 3.05) is 12.3 Å². The van der Waals surface area contributed by atoms with Gasteiger partial charge in [0, 0.05) is 10.6 Å². The lowest BCUT2D eigenvalue weighted by Crippen LogP contribution is -2.23. The molecule has 0 amide bonds. The molecule has 1 aromatic carbocycles. The summed E-state index contributed by atoms with van der Waals surface area (Å²) < 4.78 is 12.3. The van der Waals surface area contributed by atoms with Crippen LogP contribution >= 0.6 is 0 Å². The van der Waals surface area contributed by atoms with Crippen LogP contribution in [0.15, 0.2) is 29.2 Å². The third-order valence-corrected chi connectivity index (χ3v) is 5.43. The Morgan fingerprint density at radius 2 is 1.57 bits per heavy atom. The zero-order chi connectivity index (χ0) is 16.1. The van der Waals surface area contributed by atoms with Crippen LogP contribution in [0.5, 0.6) is 0 Å². The summed E-state index contributed by atoms with van der Waals surface area (Å²) >= 11 is 0. The van der Waals surface area contributed by atoms with Gasteiger partial charge < -0.3 is 5.73 Å². The molecule has 0 aliphatic rings. The number of benzene rings is 1. The van der Waals surface area contributed by atoms with Crippen molar-refractivity contribution in [1.29, 1.82) is 0 Å². The fourth-order valence-electron chi connectivity index (χ4n) is 2.16. The monoisotopic (exact) mass is 309 g/mol. The van der Waals surface area contributed by atoms with Crippen molar-refractivity contribution in [3.63, 3.8) is 0 Å². The van der Waals surface area contributed by atoms with Crippen molar-refractivity contribution < 1.29 is 4.21 Å². The summed E-state index contributed by atoms with van der Waals surface area (Å²) in [7, 11) is -0.880. The van der Waals surface area contributed by atoms with E-state index >= 15 is 0 Å². The molecule has 0 aromatic heterocycles. The van der Waals surface area contributed by atoms with Crippen molar-refractivity contribution >= 4 is 10.8 Å². The van der Waals surface area contributed by atoms with Gasteiger partial charge in [0.25, 0.3) is 0 Å². The summed E-state index contributed by atoms with van der Waals surface area (Å²) in [6.45, 7) is 11.7. The Hall–Kier alpha value is -0.670. The van der Waals surface area contributed by atoms with Gasteiger partial charge in [0.1, 0.15) is 0 Å². The van der Waals surface area contributed by atoms with Gasteiger partial charge >= 0.3 is 0 Å². The molecule has 0 spiro atoms. The van der Waals surface area contributed by atoms with E-state index in [0.717, 1.165) is 29.9 Å². The zero-order valence-electron chi connectivity index (χ0n) is 14.2. The lowest BCUT2D eigenvalue weighted by atomic mass is 9.87. The zero-order valence-corrected chi connectivity index (χ0v) is 15.1. The molecule has 0 aliphatic carbocycles. The van der Waals surface area contributed by atoms with Gasteiger partial charge in [-0.15, -0.1) is 0 Å². The highest BCUT2D eigenvalue weighted by atomic mass is 32.2. The van der Waals surface area contributed by atoms with Crippen molar-refractivity contribution in [2.24, 2.45) is 11.1 Å². The van der Waals surface area contributed by atoms with Gasteiger partial charge in [-0.2, -0.15) is 0 Å². The van der Waals surface area contributed by atoms with Crippen LogP contribution in [0.4, 0.5) is 0 Å². The normalized spacial score (nSPS) is 14.2. The second-order valence-electron chi connectivity index (χ2n) is 7.65. The summed E-state index contributed by atoms with van der Waals surface area (Å²) in [6.07, 6.45) is 3.19. The standard InChI is InChI=1S/C18H31NOS/c1-17(2,3)15-8-10-16(11-9-15)21(20)13-7-6-12-18(4,5)14-19/h8-11H,6-7,12-14,19H2,1-5H3. The van der Waals surface area contributed by atoms with Crippen LogP contribution < -0.4 is 5.73 Å². The Labute approximate surface area is 133 Å². The molecule has 1 rings (SSSR count). The molecule has 1 aromatic rings. The smallest absolute Gasteiger partial charge is 0.0529 e. The summed E-state index contributed by atoms with van der Waals surface area (Å²) in [5.41, 5.74) is 7.36. The van der Waals surface area contributed by atoms with Crippen molar-refractivity contribution in [3.05, 3.63) is 29.8 Å². The Morgan fingerprint density at radius 3 is 2.05 bits per heavy atom. The van der Waals surface area contributed by atoms with Crippen LogP contribution in [-0.4, -0.2) is 16.5 Å². The Kier molecular flexibility index (Phi) is 6.61. The minimum atomic E-state index is -0.880. The van der Waals surface area contributed by atoms with E-state index in [9.17, 15) is 4.21 Å². The SMILES string of the molecule is CC(C)(CN)CCCCS(=O)c1ccc(C(C)(C)C)cc1. The van der Waals surface area contributed by atoms with Gasteiger partial charge in [0.2, 0.25) is 0 Å². The van der Waals surface area contributed by atoms with E-state index in [0.29, 0.717) is 6.54 Å². The van der Waals surface area contributed by atoms with Crippen molar-refractivity contribution in [1.82, 2.24) is 0 Å². The number of unbranched alkanes of at least 4 members (excludes halogenated alkanes) is 1. The topological polar surface area (TPSA) is 43.1 Å². The van der Waals surface area contributed by atoms with Crippen LogP contribution in [0.1, 0.15) is 59.4 Å². The molecular formula is C18H31NOS. The first-order chi connectivity index (χ1) is 9.65. The van der Waals surface area contributed by atoms with Gasteiger partial charge in [-0.25, -0.2) is 0 Å². The Balaban J connectivity index is 2.46. The fourth-order valence-corrected chi connectivity index (χ4v) is 3.30. The summed E-state index contributed by atoms with van der Waals surface area (Å²) in [6, 6.07) is 8.23. The van der Waals surface area contributed by atoms with Crippen LogP contribution in [0.2, 0.25) is 0 Å². The number of rotatable bonds is 7. The second-order valence-corrected chi connectivity index (χ2v) is 9.22. The summed E-state index contributed by atoms with van der Waals surface area (Å²) in [4.78, 5) is 0.945. The van der Waals surface area contributed by atoms with E-state index in [2.05, 4.69) is 46.8 Å². The summed E-state index contributed by atoms with van der Waals surface area (Å²) in [5.74, 6) is 0.746. The molecule has 0 aliphatic heterocycles. The quantitative estimate of drug-likeness (QED) is 0.765. The minimum Gasteiger partial charge on any atom is -0.330 e. The largest absolute Gasteiger partial charge is 0.330 e. The molecule has 21 heavy (non-hydrogen) atoms. The maximum Gasteiger partial charge on any atom is 0.0529 e. The van der Waals surface area contributed by atoms with E-state index in [1.54, 1.807) is 0 Å². The predicted octanol–water partition coefficient (Wildman–Crippen LogP) is 4.25. The maximum atomic E-state index is 12.3. The highest BCUT2D eigenvalue weighted by Crippen LogP contribution is 2.24. The van der Waals surface area contributed by atoms with Crippen molar-refractivity contribution in [2.45, 2.75) is 64.2 Å². The highest BCUT2D eigenvalue weighted by Gasteiger charge is 2.16. The lowest BCUT2D eigenvalue weighted by Gasteiger charge is -2.21. The second kappa shape index (κ2) is 7.55. The van der Waals surface area contributed by atoms with Crippen LogP contribution in [0, 0.1) is 5.41 Å².